The van der Waals surface area contributed by atoms with Crippen molar-refractivity contribution in [2.75, 3.05) is 4.90 Å². The van der Waals surface area contributed by atoms with E-state index in [-0.39, 0.29) is 24.1 Å². The van der Waals surface area contributed by atoms with Crippen LogP contribution < -0.4 is 10.2 Å². The number of H-pyrrole nitrogens is 1. The third kappa shape index (κ3) is 4.78. The molecular weight excluding hydrogens is 552 g/mol. The summed E-state index contributed by atoms with van der Waals surface area (Å²) in [6.07, 6.45) is -0.527. The molecule has 2 aliphatic rings. The maximum absolute atomic E-state index is 14.2. The summed E-state index contributed by atoms with van der Waals surface area (Å²) in [7, 11) is 0. The number of benzene rings is 3. The molecule has 0 spiro atoms. The molecule has 0 radical (unpaired) electrons. The Hall–Kier alpha value is -5.45. The van der Waals surface area contributed by atoms with Crippen LogP contribution in [0, 0.1) is 6.92 Å². The first-order valence-corrected chi connectivity index (χ1v) is 13.8. The number of para-hydroxylation sites is 2. The van der Waals surface area contributed by atoms with Crippen molar-refractivity contribution in [1.82, 2.24) is 15.2 Å². The number of carbonyl (C=O) groups is 5. The van der Waals surface area contributed by atoms with Crippen LogP contribution in [0.4, 0.5) is 10.5 Å². The largest absolute Gasteiger partial charge is 0.481 e. The number of fused-ring (bicyclic) bond motifs is 4. The lowest BCUT2D eigenvalue weighted by molar-refractivity contribution is -0.140. The molecule has 3 atom stereocenters. The molecule has 11 nitrogen and oxygen atoms in total. The lowest BCUT2D eigenvalue weighted by Crippen LogP contribution is -2.44. The number of aliphatic carboxylic acids is 2. The van der Waals surface area contributed by atoms with Gasteiger partial charge in [-0.1, -0.05) is 60.2 Å². The molecule has 0 unspecified atom stereocenters. The molecule has 4 N–H and O–H groups in total. The van der Waals surface area contributed by atoms with Crippen molar-refractivity contribution in [2.45, 2.75) is 44.3 Å². The minimum atomic E-state index is -1.47. The standard InChI is InChI=1S/C32H28N4O7/c1-17-10-12-18(13-11-17)28-27-21(19-6-2-4-8-22(19)33-27)16-25-30(40)36(32(43)35(25)28)24-9-5-3-7-20(24)29(39)34-23(31(41)42)14-15-26(37)38/h2-13,23,25,28,33H,14-16H2,1H3,(H,34,39)(H,37,38)(H,41,42)/t23-,25-,28+/m0/s1. The number of anilines is 1. The molecule has 11 heteroatoms. The van der Waals surface area contributed by atoms with E-state index in [1.165, 1.54) is 18.2 Å². The van der Waals surface area contributed by atoms with Gasteiger partial charge in [-0.05, 0) is 42.7 Å². The summed E-state index contributed by atoms with van der Waals surface area (Å²) >= 11 is 0. The molecule has 6 rings (SSSR count). The fourth-order valence-corrected chi connectivity index (χ4v) is 6.01. The third-order valence-corrected chi connectivity index (χ3v) is 8.08. The van der Waals surface area contributed by atoms with Gasteiger partial charge in [0.2, 0.25) is 0 Å². The van der Waals surface area contributed by atoms with Crippen LogP contribution >= 0.6 is 0 Å². The Morgan fingerprint density at radius 1 is 0.977 bits per heavy atom. The monoisotopic (exact) mass is 580 g/mol. The van der Waals surface area contributed by atoms with E-state index < -0.39 is 54.3 Å². The molecule has 1 saturated heterocycles. The van der Waals surface area contributed by atoms with Crippen LogP contribution in [0.5, 0.6) is 0 Å². The highest BCUT2D eigenvalue weighted by molar-refractivity contribution is 6.24. The number of aromatic nitrogens is 1. The Morgan fingerprint density at radius 3 is 2.40 bits per heavy atom. The number of carboxylic acids is 2. The topological polar surface area (TPSA) is 160 Å². The number of amides is 4. The summed E-state index contributed by atoms with van der Waals surface area (Å²) in [5.41, 5.74) is 4.46. The summed E-state index contributed by atoms with van der Waals surface area (Å²) in [6, 6.07) is 18.0. The molecule has 1 aromatic heterocycles. The van der Waals surface area contributed by atoms with E-state index >= 15 is 0 Å². The van der Waals surface area contributed by atoms with E-state index in [4.69, 9.17) is 5.11 Å². The van der Waals surface area contributed by atoms with E-state index in [0.29, 0.717) is 0 Å². The van der Waals surface area contributed by atoms with Gasteiger partial charge in [-0.2, -0.15) is 0 Å². The highest BCUT2D eigenvalue weighted by Gasteiger charge is 2.53. The smallest absolute Gasteiger partial charge is 0.332 e. The van der Waals surface area contributed by atoms with E-state index in [1.54, 1.807) is 11.0 Å². The van der Waals surface area contributed by atoms with E-state index in [1.807, 2.05) is 55.5 Å². The van der Waals surface area contributed by atoms with Crippen molar-refractivity contribution >= 4 is 46.4 Å². The fraction of sp³-hybridized carbons (Fsp3) is 0.219. The second-order valence-corrected chi connectivity index (χ2v) is 10.8. The minimum Gasteiger partial charge on any atom is -0.481 e. The highest BCUT2D eigenvalue weighted by atomic mass is 16.4. The second kappa shape index (κ2) is 10.8. The minimum absolute atomic E-state index is 0.0166. The molecule has 3 aromatic carbocycles. The molecule has 2 aliphatic heterocycles. The van der Waals surface area contributed by atoms with Crippen LogP contribution in [0.2, 0.25) is 0 Å². The number of urea groups is 1. The lowest BCUT2D eigenvalue weighted by Gasteiger charge is -2.36. The summed E-state index contributed by atoms with van der Waals surface area (Å²) in [5, 5.41) is 21.8. The Balaban J connectivity index is 1.40. The zero-order chi connectivity index (χ0) is 30.4. The van der Waals surface area contributed by atoms with Gasteiger partial charge >= 0.3 is 18.0 Å². The quantitative estimate of drug-likeness (QED) is 0.229. The third-order valence-electron chi connectivity index (χ3n) is 8.08. The molecule has 218 valence electrons. The molecule has 43 heavy (non-hydrogen) atoms. The Kier molecular flexibility index (Phi) is 6.93. The number of imide groups is 1. The van der Waals surface area contributed by atoms with E-state index in [9.17, 15) is 29.1 Å². The van der Waals surface area contributed by atoms with Gasteiger partial charge in [0.25, 0.3) is 11.8 Å². The van der Waals surface area contributed by atoms with E-state index in [2.05, 4.69) is 10.3 Å². The predicted octanol–water partition coefficient (Wildman–Crippen LogP) is 4.01. The van der Waals surface area contributed by atoms with Crippen molar-refractivity contribution in [3.63, 3.8) is 0 Å². The average Bonchev–Trinajstić information content (AvgIpc) is 3.48. The normalized spacial score (nSPS) is 18.3. The number of aromatic amines is 1. The highest BCUT2D eigenvalue weighted by Crippen LogP contribution is 2.45. The summed E-state index contributed by atoms with van der Waals surface area (Å²) in [5.74, 6) is -3.94. The maximum atomic E-state index is 14.2. The molecule has 1 fully saturated rings. The number of rotatable bonds is 8. The number of hydrogen-bond donors (Lipinski definition) is 4. The first-order chi connectivity index (χ1) is 20.7. The zero-order valence-corrected chi connectivity index (χ0v) is 23.1. The van der Waals surface area contributed by atoms with Crippen molar-refractivity contribution < 1.29 is 34.2 Å². The van der Waals surface area contributed by atoms with Gasteiger partial charge in [-0.3, -0.25) is 19.3 Å². The van der Waals surface area contributed by atoms with Gasteiger partial charge in [0.15, 0.2) is 0 Å². The van der Waals surface area contributed by atoms with Gasteiger partial charge < -0.3 is 20.5 Å². The Labute approximate surface area is 245 Å². The summed E-state index contributed by atoms with van der Waals surface area (Å²) in [4.78, 5) is 70.4. The molecular formula is C32H28N4O7. The Morgan fingerprint density at radius 2 is 1.67 bits per heavy atom. The molecule has 3 heterocycles. The maximum Gasteiger partial charge on any atom is 0.332 e. The first-order valence-electron chi connectivity index (χ1n) is 13.8. The van der Waals surface area contributed by atoms with Crippen molar-refractivity contribution in [3.05, 3.63) is 101 Å². The van der Waals surface area contributed by atoms with Crippen molar-refractivity contribution in [1.29, 1.82) is 0 Å². The fourth-order valence-electron chi connectivity index (χ4n) is 6.01. The number of nitrogens with one attached hydrogen (secondary N) is 2. The lowest BCUT2D eigenvalue weighted by atomic mass is 9.88. The molecule has 4 aromatic rings. The van der Waals surface area contributed by atoms with Gasteiger partial charge in [-0.25, -0.2) is 14.5 Å². The zero-order valence-electron chi connectivity index (χ0n) is 23.1. The van der Waals surface area contributed by atoms with Crippen LogP contribution in [0.3, 0.4) is 0 Å². The van der Waals surface area contributed by atoms with Crippen molar-refractivity contribution in [2.24, 2.45) is 0 Å². The Bertz CT molecular complexity index is 1800. The van der Waals surface area contributed by atoms with Crippen LogP contribution in [-0.4, -0.2) is 62.0 Å². The number of carbonyl (C=O) groups excluding carboxylic acids is 3. The molecule has 4 amide bonds. The van der Waals surface area contributed by atoms with Crippen LogP contribution in [0.25, 0.3) is 10.9 Å². The summed E-state index contributed by atoms with van der Waals surface area (Å²) < 4.78 is 0. The summed E-state index contributed by atoms with van der Waals surface area (Å²) in [6.45, 7) is 1.96. The van der Waals surface area contributed by atoms with Gasteiger partial charge in [0, 0.05) is 29.4 Å². The van der Waals surface area contributed by atoms with E-state index in [0.717, 1.165) is 38.2 Å². The van der Waals surface area contributed by atoms with Crippen LogP contribution in [-0.2, 0) is 20.8 Å². The second-order valence-electron chi connectivity index (χ2n) is 10.8. The number of hydrogen-bond acceptors (Lipinski definition) is 5. The SMILES string of the molecule is Cc1ccc([C@@H]2c3[nH]c4ccccc4c3C[C@H]3C(=O)N(c4ccccc4C(=O)N[C@@H](CCC(=O)O)C(=O)O)C(=O)N23)cc1. The molecule has 0 saturated carbocycles. The van der Waals surface area contributed by atoms with Crippen molar-refractivity contribution in [3.8, 4) is 0 Å². The van der Waals surface area contributed by atoms with Gasteiger partial charge in [0.05, 0.1) is 11.3 Å². The van der Waals surface area contributed by atoms with Gasteiger partial charge in [0.1, 0.15) is 18.1 Å². The first kappa shape index (κ1) is 27.7. The molecule has 0 bridgehead atoms. The predicted molar refractivity (Wildman–Crippen MR) is 156 cm³/mol. The number of aryl methyl sites for hydroxylation is 1. The number of carboxylic acid groups (broad SMARTS) is 2. The number of nitrogens with zero attached hydrogens (tertiary/aromatic N) is 2. The van der Waals surface area contributed by atoms with Crippen LogP contribution in [0.1, 0.15) is 51.6 Å². The van der Waals surface area contributed by atoms with Crippen LogP contribution in [0.15, 0.2) is 72.8 Å². The van der Waals surface area contributed by atoms with Gasteiger partial charge in [-0.15, -0.1) is 0 Å². The molecule has 0 aliphatic carbocycles. The average molecular weight is 581 g/mol.